The summed E-state index contributed by atoms with van der Waals surface area (Å²) >= 11 is 1.59. The van der Waals surface area contributed by atoms with Crippen molar-refractivity contribution in [1.82, 2.24) is 10.1 Å². The Labute approximate surface area is 107 Å². The zero-order chi connectivity index (χ0) is 13.1. The van der Waals surface area contributed by atoms with Gasteiger partial charge in [-0.1, -0.05) is 12.1 Å². The Balaban J connectivity index is 2.34. The molecule has 0 saturated heterocycles. The fourth-order valence-corrected chi connectivity index (χ4v) is 1.91. The summed E-state index contributed by atoms with van der Waals surface area (Å²) in [6.45, 7) is 1.99. The van der Waals surface area contributed by atoms with Gasteiger partial charge in [-0.05, 0) is 17.9 Å². The maximum atomic E-state index is 13.6. The summed E-state index contributed by atoms with van der Waals surface area (Å²) in [5.74, 6) is 0.0491. The van der Waals surface area contributed by atoms with E-state index in [1.807, 2.05) is 6.92 Å². The van der Waals surface area contributed by atoms with Crippen molar-refractivity contribution in [2.45, 2.75) is 12.7 Å². The number of rotatable bonds is 4. The summed E-state index contributed by atoms with van der Waals surface area (Å²) in [6.07, 6.45) is 0. The number of aromatic nitrogens is 2. The van der Waals surface area contributed by atoms with E-state index in [0.29, 0.717) is 11.6 Å². The molecule has 0 spiro atoms. The van der Waals surface area contributed by atoms with Crippen molar-refractivity contribution in [1.29, 1.82) is 0 Å². The second kappa shape index (κ2) is 5.34. The number of hydrogen-bond donors (Lipinski definition) is 1. The second-order valence-electron chi connectivity index (χ2n) is 3.51. The molecule has 2 aromatic rings. The molecular weight excluding hydrogens is 260 g/mol. The van der Waals surface area contributed by atoms with Gasteiger partial charge in [0.1, 0.15) is 17.2 Å². The van der Waals surface area contributed by atoms with Crippen LogP contribution >= 0.6 is 11.8 Å². The fraction of sp³-hybridized carbons (Fsp3) is 0.273. The third-order valence-electron chi connectivity index (χ3n) is 2.18. The predicted octanol–water partition coefficient (Wildman–Crippen LogP) is 2.85. The molecule has 1 aromatic carbocycles. The highest BCUT2D eigenvalue weighted by Gasteiger charge is 2.18. The number of nitrogens with two attached hydrogens (primary N) is 1. The molecule has 2 rings (SSSR count). The Morgan fingerprint density at radius 3 is 2.61 bits per heavy atom. The maximum absolute atomic E-state index is 13.6. The van der Waals surface area contributed by atoms with Crippen molar-refractivity contribution in [2.75, 3.05) is 11.5 Å². The van der Waals surface area contributed by atoms with Crippen molar-refractivity contribution in [3.63, 3.8) is 0 Å². The van der Waals surface area contributed by atoms with Crippen LogP contribution in [-0.4, -0.2) is 15.9 Å². The van der Waals surface area contributed by atoms with E-state index in [-0.39, 0.29) is 17.1 Å². The third-order valence-corrected chi connectivity index (χ3v) is 3.05. The number of nitrogen functional groups attached to an aromatic ring is 1. The van der Waals surface area contributed by atoms with Gasteiger partial charge in [-0.2, -0.15) is 16.7 Å². The largest absolute Gasteiger partial charge is 0.399 e. The van der Waals surface area contributed by atoms with Gasteiger partial charge in [-0.25, -0.2) is 8.78 Å². The van der Waals surface area contributed by atoms with Crippen LogP contribution in [0.1, 0.15) is 12.7 Å². The van der Waals surface area contributed by atoms with Crippen LogP contribution in [0.4, 0.5) is 14.5 Å². The molecule has 0 aliphatic heterocycles. The molecule has 4 nitrogen and oxygen atoms in total. The van der Waals surface area contributed by atoms with Crippen LogP contribution in [0.25, 0.3) is 11.5 Å². The van der Waals surface area contributed by atoms with Crippen LogP contribution < -0.4 is 5.73 Å². The minimum atomic E-state index is -0.814. The molecule has 0 amide bonds. The van der Waals surface area contributed by atoms with E-state index in [9.17, 15) is 8.78 Å². The van der Waals surface area contributed by atoms with E-state index >= 15 is 0 Å². The number of anilines is 1. The highest BCUT2D eigenvalue weighted by atomic mass is 32.2. The summed E-state index contributed by atoms with van der Waals surface area (Å²) in [4.78, 5) is 3.95. The Kier molecular flexibility index (Phi) is 3.81. The molecule has 2 N–H and O–H groups in total. The van der Waals surface area contributed by atoms with E-state index in [4.69, 9.17) is 10.3 Å². The van der Waals surface area contributed by atoms with E-state index < -0.39 is 11.6 Å². The van der Waals surface area contributed by atoms with Crippen molar-refractivity contribution in [3.8, 4) is 11.5 Å². The van der Waals surface area contributed by atoms with Crippen LogP contribution in [-0.2, 0) is 5.75 Å². The van der Waals surface area contributed by atoms with Gasteiger partial charge in [0.15, 0.2) is 5.82 Å². The second-order valence-corrected chi connectivity index (χ2v) is 4.79. The highest BCUT2D eigenvalue weighted by molar-refractivity contribution is 7.98. The quantitative estimate of drug-likeness (QED) is 0.866. The van der Waals surface area contributed by atoms with E-state index in [1.165, 1.54) is 0 Å². The Bertz CT molecular complexity index is 536. The maximum Gasteiger partial charge on any atom is 0.263 e. The molecule has 0 radical (unpaired) electrons. The van der Waals surface area contributed by atoms with Crippen LogP contribution in [0.3, 0.4) is 0 Å². The average Bonchev–Trinajstić information content (AvgIpc) is 2.73. The first-order chi connectivity index (χ1) is 8.61. The summed E-state index contributed by atoms with van der Waals surface area (Å²) in [6, 6.07) is 2.03. The topological polar surface area (TPSA) is 64.9 Å². The van der Waals surface area contributed by atoms with Crippen LogP contribution in [0.5, 0.6) is 0 Å². The normalized spacial score (nSPS) is 10.8. The lowest BCUT2D eigenvalue weighted by atomic mass is 10.2. The van der Waals surface area contributed by atoms with Gasteiger partial charge in [0.25, 0.3) is 5.89 Å². The van der Waals surface area contributed by atoms with Crippen LogP contribution in [0, 0.1) is 11.6 Å². The summed E-state index contributed by atoms with van der Waals surface area (Å²) in [7, 11) is 0. The van der Waals surface area contributed by atoms with Gasteiger partial charge in [-0.3, -0.25) is 0 Å². The lowest BCUT2D eigenvalue weighted by Gasteiger charge is -2.00. The molecule has 0 saturated carbocycles. The van der Waals surface area contributed by atoms with Gasteiger partial charge >= 0.3 is 0 Å². The molecule has 1 aromatic heterocycles. The molecule has 0 atom stereocenters. The number of thioether (sulfide) groups is 1. The van der Waals surface area contributed by atoms with Crippen LogP contribution in [0.2, 0.25) is 0 Å². The molecule has 0 bridgehead atoms. The SMILES string of the molecule is CCSCc1noc(-c2c(F)cc(N)cc2F)n1. The molecular formula is C11H11F2N3OS. The lowest BCUT2D eigenvalue weighted by Crippen LogP contribution is -1.95. The van der Waals surface area contributed by atoms with Crippen molar-refractivity contribution < 1.29 is 13.3 Å². The molecule has 0 aliphatic carbocycles. The number of hydrogen-bond acceptors (Lipinski definition) is 5. The standard InChI is InChI=1S/C11H11F2N3OS/c1-2-18-5-9-15-11(17-16-9)10-7(12)3-6(14)4-8(10)13/h3-4H,2,5,14H2,1H3. The van der Waals surface area contributed by atoms with E-state index in [1.54, 1.807) is 11.8 Å². The summed E-state index contributed by atoms with van der Waals surface area (Å²) in [5.41, 5.74) is 4.99. The monoisotopic (exact) mass is 271 g/mol. The Hall–Kier alpha value is -1.63. The molecule has 0 aliphatic rings. The zero-order valence-corrected chi connectivity index (χ0v) is 10.4. The summed E-state index contributed by atoms with van der Waals surface area (Å²) < 4.78 is 32.1. The molecule has 96 valence electrons. The average molecular weight is 271 g/mol. The first-order valence-corrected chi connectivity index (χ1v) is 6.42. The van der Waals surface area contributed by atoms with Gasteiger partial charge in [0.05, 0.1) is 5.75 Å². The molecule has 0 unspecified atom stereocenters. The molecule has 1 heterocycles. The Morgan fingerprint density at radius 2 is 2.00 bits per heavy atom. The van der Waals surface area contributed by atoms with Gasteiger partial charge < -0.3 is 10.3 Å². The molecule has 7 heteroatoms. The smallest absolute Gasteiger partial charge is 0.263 e. The van der Waals surface area contributed by atoms with E-state index in [0.717, 1.165) is 17.9 Å². The van der Waals surface area contributed by atoms with Crippen molar-refractivity contribution >= 4 is 17.4 Å². The zero-order valence-electron chi connectivity index (χ0n) is 9.61. The van der Waals surface area contributed by atoms with Gasteiger partial charge in [0, 0.05) is 5.69 Å². The number of halogens is 2. The predicted molar refractivity (Wildman–Crippen MR) is 65.9 cm³/mol. The van der Waals surface area contributed by atoms with Crippen LogP contribution in [0.15, 0.2) is 16.7 Å². The molecule has 18 heavy (non-hydrogen) atoms. The number of benzene rings is 1. The Morgan fingerprint density at radius 1 is 1.33 bits per heavy atom. The fourth-order valence-electron chi connectivity index (χ4n) is 1.40. The van der Waals surface area contributed by atoms with Gasteiger partial charge in [0.2, 0.25) is 0 Å². The first-order valence-electron chi connectivity index (χ1n) is 5.27. The third kappa shape index (κ3) is 2.61. The number of nitrogens with zero attached hydrogens (tertiary/aromatic N) is 2. The minimum absolute atomic E-state index is 0.00928. The van der Waals surface area contributed by atoms with Crippen molar-refractivity contribution in [2.24, 2.45) is 0 Å². The van der Waals surface area contributed by atoms with Crippen molar-refractivity contribution in [3.05, 3.63) is 29.6 Å². The minimum Gasteiger partial charge on any atom is -0.399 e. The van der Waals surface area contributed by atoms with Gasteiger partial charge in [-0.15, -0.1) is 0 Å². The summed E-state index contributed by atoms with van der Waals surface area (Å²) in [5, 5.41) is 3.66. The lowest BCUT2D eigenvalue weighted by molar-refractivity contribution is 0.419. The molecule has 0 fully saturated rings. The highest BCUT2D eigenvalue weighted by Crippen LogP contribution is 2.27. The first kappa shape index (κ1) is 12.8. The van der Waals surface area contributed by atoms with E-state index in [2.05, 4.69) is 10.1 Å².